The fraction of sp³-hybridized carbons (Fsp3) is 0.125. The third kappa shape index (κ3) is 5.67. The maximum absolute atomic E-state index is 13.5. The van der Waals surface area contributed by atoms with Gasteiger partial charge < -0.3 is 9.47 Å². The van der Waals surface area contributed by atoms with Crippen molar-refractivity contribution in [1.29, 1.82) is 0 Å². The molecule has 0 atom stereocenters. The molecule has 1 heterocycles. The number of nitro groups is 2. The van der Waals surface area contributed by atoms with Gasteiger partial charge >= 0.3 is 0 Å². The fourth-order valence-corrected chi connectivity index (χ4v) is 4.24. The van der Waals surface area contributed by atoms with Crippen LogP contribution in [0, 0.1) is 20.2 Å². The molecule has 1 amide bonds. The molecule has 0 unspecified atom stereocenters. The first-order chi connectivity index (χ1) is 17.8. The second kappa shape index (κ2) is 10.8. The summed E-state index contributed by atoms with van der Waals surface area (Å²) in [5.74, 6) is 0.421. The fourth-order valence-electron chi connectivity index (χ4n) is 3.29. The van der Waals surface area contributed by atoms with Gasteiger partial charge in [0.15, 0.2) is 0 Å². The number of fused-ring (bicyclic) bond motifs is 1. The van der Waals surface area contributed by atoms with E-state index in [4.69, 9.17) is 9.47 Å². The van der Waals surface area contributed by atoms with Gasteiger partial charge in [0, 0.05) is 12.1 Å². The molecule has 13 heteroatoms. The largest absolute Gasteiger partial charge is 0.497 e. The molecule has 3 aromatic carbocycles. The molecule has 0 N–H and O–H groups in total. The van der Waals surface area contributed by atoms with E-state index in [0.717, 1.165) is 34.5 Å². The molecule has 12 nitrogen and oxygen atoms in total. The monoisotopic (exact) mass is 521 g/mol. The van der Waals surface area contributed by atoms with Crippen LogP contribution in [0.1, 0.15) is 22.8 Å². The standard InChI is InChI=1S/C24H19N5O7S/c1-3-36-19-6-4-15(5-7-19)14-25-27(24-26-21-9-8-20(35-2)13-22(21)37-24)23(30)16-10-17(28(31)32)12-18(11-16)29(33)34/h4-14H,3H2,1-2H3/b25-14+. The Morgan fingerprint density at radius 3 is 2.27 bits per heavy atom. The summed E-state index contributed by atoms with van der Waals surface area (Å²) in [5, 5.41) is 28.1. The Morgan fingerprint density at radius 2 is 1.68 bits per heavy atom. The molecule has 0 aliphatic carbocycles. The second-order valence-electron chi connectivity index (χ2n) is 7.45. The number of carbonyl (C=O) groups excluding carboxylic acids is 1. The summed E-state index contributed by atoms with van der Waals surface area (Å²) < 4.78 is 11.4. The Morgan fingerprint density at radius 1 is 1.03 bits per heavy atom. The molecule has 0 radical (unpaired) electrons. The van der Waals surface area contributed by atoms with Gasteiger partial charge in [0.25, 0.3) is 17.3 Å². The van der Waals surface area contributed by atoms with Crippen molar-refractivity contribution in [3.63, 3.8) is 0 Å². The number of nitrogens with zero attached hydrogens (tertiary/aromatic N) is 5. The van der Waals surface area contributed by atoms with Gasteiger partial charge in [-0.1, -0.05) is 11.3 Å². The second-order valence-corrected chi connectivity index (χ2v) is 8.46. The summed E-state index contributed by atoms with van der Waals surface area (Å²) in [4.78, 5) is 39.1. The minimum Gasteiger partial charge on any atom is -0.497 e. The summed E-state index contributed by atoms with van der Waals surface area (Å²) in [6.07, 6.45) is 1.41. The van der Waals surface area contributed by atoms with Gasteiger partial charge in [0.2, 0.25) is 5.13 Å². The van der Waals surface area contributed by atoms with Gasteiger partial charge in [-0.15, -0.1) is 0 Å². The van der Waals surface area contributed by atoms with E-state index in [1.165, 1.54) is 13.3 Å². The SMILES string of the molecule is CCOc1ccc(/C=N/N(C(=O)c2cc([N+](=O)[O-])cc([N+](=O)[O-])c2)c2nc3ccc(OC)cc3s2)cc1. The summed E-state index contributed by atoms with van der Waals surface area (Å²) in [7, 11) is 1.52. The number of hydrogen-bond donors (Lipinski definition) is 0. The van der Waals surface area contributed by atoms with Crippen molar-refractivity contribution in [2.24, 2.45) is 5.10 Å². The number of non-ortho nitro benzene ring substituents is 2. The molecule has 1 aromatic heterocycles. The number of methoxy groups -OCH3 is 1. The van der Waals surface area contributed by atoms with Gasteiger partial charge in [-0.3, -0.25) is 25.0 Å². The first-order valence-corrected chi connectivity index (χ1v) is 11.6. The normalized spacial score (nSPS) is 11.0. The molecule has 0 saturated carbocycles. The molecule has 4 aromatic rings. The van der Waals surface area contributed by atoms with E-state index < -0.39 is 27.1 Å². The van der Waals surface area contributed by atoms with Crippen LogP contribution in [0.25, 0.3) is 10.2 Å². The van der Waals surface area contributed by atoms with E-state index in [0.29, 0.717) is 33.9 Å². The molecule has 0 fully saturated rings. The molecule has 188 valence electrons. The number of benzene rings is 3. The minimum atomic E-state index is -0.833. The van der Waals surface area contributed by atoms with E-state index in [-0.39, 0.29) is 10.7 Å². The summed E-state index contributed by atoms with van der Waals surface area (Å²) in [6, 6.07) is 14.8. The van der Waals surface area contributed by atoms with Gasteiger partial charge in [-0.05, 0) is 55.0 Å². The van der Waals surface area contributed by atoms with Crippen LogP contribution in [0.4, 0.5) is 16.5 Å². The quantitative estimate of drug-likeness (QED) is 0.166. The zero-order valence-electron chi connectivity index (χ0n) is 19.6. The molecule has 0 saturated heterocycles. The number of hydrazone groups is 1. The Bertz CT molecular complexity index is 1490. The van der Waals surface area contributed by atoms with Crippen molar-refractivity contribution >= 4 is 50.2 Å². The molecule has 0 aliphatic rings. The third-order valence-electron chi connectivity index (χ3n) is 5.04. The predicted octanol–water partition coefficient (Wildman–Crippen LogP) is 5.20. The van der Waals surface area contributed by atoms with Crippen molar-refractivity contribution in [3.05, 3.63) is 92.0 Å². The van der Waals surface area contributed by atoms with Crippen LogP contribution < -0.4 is 14.5 Å². The van der Waals surface area contributed by atoms with Crippen LogP contribution in [0.5, 0.6) is 11.5 Å². The van der Waals surface area contributed by atoms with Crippen LogP contribution in [-0.2, 0) is 0 Å². The van der Waals surface area contributed by atoms with E-state index in [1.54, 1.807) is 42.5 Å². The van der Waals surface area contributed by atoms with Gasteiger partial charge in [0.1, 0.15) is 11.5 Å². The zero-order valence-corrected chi connectivity index (χ0v) is 20.4. The van der Waals surface area contributed by atoms with E-state index in [9.17, 15) is 25.0 Å². The maximum atomic E-state index is 13.5. The average Bonchev–Trinajstić information content (AvgIpc) is 3.32. The Hall–Kier alpha value is -4.91. The predicted molar refractivity (Wildman–Crippen MR) is 138 cm³/mol. The van der Waals surface area contributed by atoms with Gasteiger partial charge in [-0.25, -0.2) is 4.98 Å². The Kier molecular flexibility index (Phi) is 7.34. The van der Waals surface area contributed by atoms with Gasteiger partial charge in [-0.2, -0.15) is 10.1 Å². The Labute approximate surface area is 213 Å². The van der Waals surface area contributed by atoms with E-state index in [1.807, 2.05) is 6.92 Å². The molecular weight excluding hydrogens is 502 g/mol. The van der Waals surface area contributed by atoms with Crippen molar-refractivity contribution < 1.29 is 24.1 Å². The lowest BCUT2D eigenvalue weighted by Gasteiger charge is -2.14. The lowest BCUT2D eigenvalue weighted by Crippen LogP contribution is -2.25. The highest BCUT2D eigenvalue weighted by atomic mass is 32.1. The molecular formula is C24H19N5O7S. The van der Waals surface area contributed by atoms with Crippen LogP contribution in [0.3, 0.4) is 0 Å². The lowest BCUT2D eigenvalue weighted by molar-refractivity contribution is -0.394. The number of rotatable bonds is 9. The number of carbonyl (C=O) groups is 1. The van der Waals surface area contributed by atoms with E-state index >= 15 is 0 Å². The summed E-state index contributed by atoms with van der Waals surface area (Å²) in [6.45, 7) is 2.37. The highest BCUT2D eigenvalue weighted by Gasteiger charge is 2.26. The van der Waals surface area contributed by atoms with Crippen molar-refractivity contribution in [2.75, 3.05) is 18.7 Å². The number of amides is 1. The third-order valence-corrected chi connectivity index (χ3v) is 6.04. The minimum absolute atomic E-state index is 0.157. The van der Waals surface area contributed by atoms with Crippen LogP contribution >= 0.6 is 11.3 Å². The molecule has 37 heavy (non-hydrogen) atoms. The summed E-state index contributed by atoms with van der Waals surface area (Å²) in [5.41, 5.74) is -0.278. The van der Waals surface area contributed by atoms with Crippen LogP contribution in [0.2, 0.25) is 0 Å². The van der Waals surface area contributed by atoms with Crippen LogP contribution in [-0.4, -0.2) is 40.7 Å². The van der Waals surface area contributed by atoms with Crippen molar-refractivity contribution in [3.8, 4) is 11.5 Å². The zero-order chi connectivity index (χ0) is 26.5. The van der Waals surface area contributed by atoms with Crippen LogP contribution in [0.15, 0.2) is 65.8 Å². The number of anilines is 1. The lowest BCUT2D eigenvalue weighted by atomic mass is 10.1. The van der Waals surface area contributed by atoms with Gasteiger partial charge in [0.05, 0.1) is 51.6 Å². The number of ether oxygens (including phenoxy) is 2. The Balaban J connectivity index is 1.79. The van der Waals surface area contributed by atoms with E-state index in [2.05, 4.69) is 10.1 Å². The van der Waals surface area contributed by atoms with Crippen molar-refractivity contribution in [2.45, 2.75) is 6.92 Å². The smallest absolute Gasteiger partial charge is 0.281 e. The van der Waals surface area contributed by atoms with Crippen molar-refractivity contribution in [1.82, 2.24) is 4.98 Å². The first-order valence-electron chi connectivity index (χ1n) is 10.8. The highest BCUT2D eigenvalue weighted by molar-refractivity contribution is 7.22. The number of thiazole rings is 1. The molecule has 0 aliphatic heterocycles. The molecule has 4 rings (SSSR count). The molecule has 0 spiro atoms. The topological polar surface area (TPSA) is 150 Å². The maximum Gasteiger partial charge on any atom is 0.281 e. The number of aromatic nitrogens is 1. The average molecular weight is 522 g/mol. The highest BCUT2D eigenvalue weighted by Crippen LogP contribution is 2.33. The molecule has 0 bridgehead atoms. The number of nitro benzene ring substituents is 2. The summed E-state index contributed by atoms with van der Waals surface area (Å²) >= 11 is 1.14. The first kappa shape index (κ1) is 25.2. The number of hydrogen-bond acceptors (Lipinski definition) is 10.